The molecule has 118 valence electrons. The summed E-state index contributed by atoms with van der Waals surface area (Å²) in [6, 6.07) is 8.58. The topological polar surface area (TPSA) is 15.3 Å². The van der Waals surface area contributed by atoms with Gasteiger partial charge in [-0.3, -0.25) is 0 Å². The van der Waals surface area contributed by atoms with Crippen LogP contribution in [0.2, 0.25) is 5.02 Å². The molecule has 2 nitrogen and oxygen atoms in total. The zero-order valence-corrected chi connectivity index (χ0v) is 14.7. The number of thioether (sulfide) groups is 1. The molecular weight excluding hydrogens is 300 g/mol. The van der Waals surface area contributed by atoms with Crippen molar-refractivity contribution in [3.05, 3.63) is 34.9 Å². The van der Waals surface area contributed by atoms with E-state index in [0.29, 0.717) is 6.04 Å². The van der Waals surface area contributed by atoms with E-state index in [2.05, 4.69) is 48.0 Å². The van der Waals surface area contributed by atoms with Gasteiger partial charge in [0.15, 0.2) is 0 Å². The smallest absolute Gasteiger partial charge is 0.0453 e. The van der Waals surface area contributed by atoms with Crippen molar-refractivity contribution in [1.82, 2.24) is 10.2 Å². The fourth-order valence-electron chi connectivity index (χ4n) is 2.91. The monoisotopic (exact) mass is 326 g/mol. The van der Waals surface area contributed by atoms with E-state index < -0.39 is 0 Å². The van der Waals surface area contributed by atoms with E-state index in [9.17, 15) is 0 Å². The van der Waals surface area contributed by atoms with Crippen molar-refractivity contribution in [2.75, 3.05) is 31.9 Å². The molecule has 21 heavy (non-hydrogen) atoms. The van der Waals surface area contributed by atoms with E-state index in [-0.39, 0.29) is 0 Å². The second-order valence-electron chi connectivity index (χ2n) is 5.62. The Morgan fingerprint density at radius 3 is 2.90 bits per heavy atom. The third-order valence-corrected chi connectivity index (χ3v) is 5.86. The molecule has 1 N–H and O–H groups in total. The third-order valence-electron chi connectivity index (χ3n) is 4.14. The highest BCUT2D eigenvalue weighted by molar-refractivity contribution is 8.00. The zero-order valence-electron chi connectivity index (χ0n) is 13.1. The number of nitrogens with zero attached hydrogens (tertiary/aromatic N) is 1. The maximum Gasteiger partial charge on any atom is 0.0453 e. The van der Waals surface area contributed by atoms with Crippen LogP contribution in [0.15, 0.2) is 24.3 Å². The quantitative estimate of drug-likeness (QED) is 0.808. The van der Waals surface area contributed by atoms with Gasteiger partial charge < -0.3 is 10.2 Å². The summed E-state index contributed by atoms with van der Waals surface area (Å²) >= 11 is 8.50. The summed E-state index contributed by atoms with van der Waals surface area (Å²) in [5, 5.41) is 5.28. The molecule has 0 radical (unpaired) electrons. The van der Waals surface area contributed by atoms with Gasteiger partial charge in [-0.25, -0.2) is 0 Å². The third kappa shape index (κ3) is 5.17. The summed E-state index contributed by atoms with van der Waals surface area (Å²) in [4.78, 5) is 2.62. The molecule has 1 saturated heterocycles. The van der Waals surface area contributed by atoms with Crippen molar-refractivity contribution >= 4 is 23.4 Å². The van der Waals surface area contributed by atoms with Gasteiger partial charge in [-0.05, 0) is 31.0 Å². The lowest BCUT2D eigenvalue weighted by Crippen LogP contribution is -2.39. The van der Waals surface area contributed by atoms with Crippen molar-refractivity contribution in [2.45, 2.75) is 38.0 Å². The minimum absolute atomic E-state index is 0.360. The molecule has 2 unspecified atom stereocenters. The predicted molar refractivity (Wildman–Crippen MR) is 95.5 cm³/mol. The second-order valence-corrected chi connectivity index (χ2v) is 7.44. The van der Waals surface area contributed by atoms with Gasteiger partial charge in [0.2, 0.25) is 0 Å². The van der Waals surface area contributed by atoms with Gasteiger partial charge in [-0.1, -0.05) is 43.6 Å². The maximum atomic E-state index is 6.36. The van der Waals surface area contributed by atoms with Gasteiger partial charge >= 0.3 is 0 Å². The number of hydrogen-bond acceptors (Lipinski definition) is 3. The molecule has 1 heterocycles. The van der Waals surface area contributed by atoms with Crippen LogP contribution >= 0.6 is 23.4 Å². The Labute approximate surface area is 138 Å². The van der Waals surface area contributed by atoms with Gasteiger partial charge in [0.25, 0.3) is 0 Å². The molecule has 4 heteroatoms. The van der Waals surface area contributed by atoms with Crippen molar-refractivity contribution in [1.29, 1.82) is 0 Å². The second kappa shape index (κ2) is 9.04. The average molecular weight is 327 g/mol. The Morgan fingerprint density at radius 1 is 1.38 bits per heavy atom. The molecule has 0 spiro atoms. The number of benzene rings is 1. The Balaban J connectivity index is 1.92. The molecule has 0 aliphatic carbocycles. The van der Waals surface area contributed by atoms with E-state index in [1.807, 2.05) is 12.1 Å². The summed E-state index contributed by atoms with van der Waals surface area (Å²) in [7, 11) is 0. The fraction of sp³-hybridized carbons (Fsp3) is 0.647. The molecule has 1 aliphatic rings. The minimum atomic E-state index is 0.360. The molecule has 2 atom stereocenters. The Hall–Kier alpha value is -0.220. The van der Waals surface area contributed by atoms with Crippen LogP contribution in [0.25, 0.3) is 0 Å². The molecule has 1 fully saturated rings. The Morgan fingerprint density at radius 2 is 2.19 bits per heavy atom. The molecule has 0 aromatic heterocycles. The highest BCUT2D eigenvalue weighted by atomic mass is 35.5. The number of halogens is 1. The lowest BCUT2D eigenvalue weighted by molar-refractivity contribution is 0.263. The van der Waals surface area contributed by atoms with Gasteiger partial charge in [-0.15, -0.1) is 0 Å². The zero-order chi connectivity index (χ0) is 15.1. The van der Waals surface area contributed by atoms with Crippen LogP contribution in [-0.4, -0.2) is 42.1 Å². The first-order valence-corrected chi connectivity index (χ1v) is 9.49. The number of nitrogens with one attached hydrogen (secondary N) is 1. The molecule has 0 saturated carbocycles. The SMILES string of the molecule is CCNC(CCN1CCSC(CC)C1)c1ccccc1Cl. The molecule has 2 rings (SSSR count). The summed E-state index contributed by atoms with van der Waals surface area (Å²) in [6.07, 6.45) is 2.40. The van der Waals surface area contributed by atoms with Crippen molar-refractivity contribution in [3.8, 4) is 0 Å². The highest BCUT2D eigenvalue weighted by Gasteiger charge is 2.20. The first-order chi connectivity index (χ1) is 10.2. The summed E-state index contributed by atoms with van der Waals surface area (Å²) in [5.74, 6) is 1.27. The van der Waals surface area contributed by atoms with Gasteiger partial charge in [0, 0.05) is 41.7 Å². The number of hydrogen-bond donors (Lipinski definition) is 1. The van der Waals surface area contributed by atoms with Gasteiger partial charge in [0.1, 0.15) is 0 Å². The number of rotatable bonds is 7. The van der Waals surface area contributed by atoms with Crippen LogP contribution in [-0.2, 0) is 0 Å². The van der Waals surface area contributed by atoms with Crippen LogP contribution in [0.5, 0.6) is 0 Å². The maximum absolute atomic E-state index is 6.36. The molecule has 0 amide bonds. The molecule has 1 aliphatic heterocycles. The van der Waals surface area contributed by atoms with E-state index in [1.165, 1.54) is 30.8 Å². The summed E-state index contributed by atoms with van der Waals surface area (Å²) in [6.45, 7) is 9.05. The molecule has 0 bridgehead atoms. The predicted octanol–water partition coefficient (Wildman–Crippen LogP) is 4.21. The van der Waals surface area contributed by atoms with Crippen LogP contribution in [0, 0.1) is 0 Å². The minimum Gasteiger partial charge on any atom is -0.310 e. The van der Waals surface area contributed by atoms with E-state index >= 15 is 0 Å². The van der Waals surface area contributed by atoms with E-state index in [1.54, 1.807) is 0 Å². The van der Waals surface area contributed by atoms with E-state index in [4.69, 9.17) is 11.6 Å². The Bertz CT molecular complexity index is 427. The van der Waals surface area contributed by atoms with Crippen LogP contribution in [0.3, 0.4) is 0 Å². The van der Waals surface area contributed by atoms with Gasteiger partial charge in [-0.2, -0.15) is 11.8 Å². The average Bonchev–Trinajstić information content (AvgIpc) is 2.52. The van der Waals surface area contributed by atoms with Crippen molar-refractivity contribution in [2.24, 2.45) is 0 Å². The van der Waals surface area contributed by atoms with Crippen molar-refractivity contribution < 1.29 is 0 Å². The lowest BCUT2D eigenvalue weighted by atomic mass is 10.0. The lowest BCUT2D eigenvalue weighted by Gasteiger charge is -2.33. The summed E-state index contributed by atoms with van der Waals surface area (Å²) in [5.41, 5.74) is 1.24. The van der Waals surface area contributed by atoms with Crippen molar-refractivity contribution in [3.63, 3.8) is 0 Å². The fourth-order valence-corrected chi connectivity index (χ4v) is 4.43. The summed E-state index contributed by atoms with van der Waals surface area (Å²) < 4.78 is 0. The first kappa shape index (κ1) is 17.1. The normalized spacial score (nSPS) is 21.4. The Kier molecular flexibility index (Phi) is 7.38. The highest BCUT2D eigenvalue weighted by Crippen LogP contribution is 2.26. The molecule has 1 aromatic carbocycles. The molecule has 1 aromatic rings. The van der Waals surface area contributed by atoms with Crippen LogP contribution < -0.4 is 5.32 Å². The standard InChI is InChI=1S/C17H27ClN2S/c1-3-14-13-20(11-12-21-14)10-9-17(19-4-2)15-7-5-6-8-16(15)18/h5-8,14,17,19H,3-4,9-13H2,1-2H3. The largest absolute Gasteiger partial charge is 0.310 e. The van der Waals surface area contributed by atoms with Crippen LogP contribution in [0.1, 0.15) is 38.3 Å². The van der Waals surface area contributed by atoms with Crippen LogP contribution in [0.4, 0.5) is 0 Å². The first-order valence-electron chi connectivity index (χ1n) is 8.06. The van der Waals surface area contributed by atoms with Gasteiger partial charge in [0.05, 0.1) is 0 Å². The molecular formula is C17H27ClN2S. The van der Waals surface area contributed by atoms with E-state index in [0.717, 1.165) is 29.8 Å².